The Balaban J connectivity index is 1.66. The van der Waals surface area contributed by atoms with Crippen LogP contribution in [0.5, 0.6) is 0 Å². The molecule has 1 aliphatic carbocycles. The van der Waals surface area contributed by atoms with Gasteiger partial charge in [0.15, 0.2) is 0 Å². The van der Waals surface area contributed by atoms with Crippen LogP contribution in [-0.4, -0.2) is 23.0 Å². The van der Waals surface area contributed by atoms with E-state index in [0.29, 0.717) is 12.0 Å². The van der Waals surface area contributed by atoms with Gasteiger partial charge in [-0.05, 0) is 37.3 Å². The Morgan fingerprint density at radius 1 is 1.50 bits per heavy atom. The third-order valence-electron chi connectivity index (χ3n) is 3.57. The van der Waals surface area contributed by atoms with Crippen molar-refractivity contribution < 1.29 is 4.79 Å². The summed E-state index contributed by atoms with van der Waals surface area (Å²) in [5, 5.41) is 6.28. The molecular formula is C12H15N3O. The van der Waals surface area contributed by atoms with Gasteiger partial charge in [0.05, 0.1) is 17.9 Å². The number of carbonyl (C=O) groups is 1. The minimum atomic E-state index is -0.000967. The molecule has 2 fully saturated rings. The predicted octanol–water partition coefficient (Wildman–Crippen LogP) is 1.16. The highest BCUT2D eigenvalue weighted by Gasteiger charge is 2.42. The van der Waals surface area contributed by atoms with Crippen LogP contribution in [0.3, 0.4) is 0 Å². The van der Waals surface area contributed by atoms with E-state index in [1.807, 2.05) is 12.1 Å². The van der Waals surface area contributed by atoms with E-state index in [-0.39, 0.29) is 11.9 Å². The number of rotatable bonds is 2. The summed E-state index contributed by atoms with van der Waals surface area (Å²) in [7, 11) is 0. The van der Waals surface area contributed by atoms with Gasteiger partial charge in [0.1, 0.15) is 0 Å². The molecule has 1 saturated heterocycles. The maximum Gasteiger partial charge on any atom is 0.241 e. The minimum absolute atomic E-state index is 0.000967. The number of carbonyl (C=O) groups excluding carboxylic acids is 1. The second-order valence-corrected chi connectivity index (χ2v) is 4.65. The number of hydrogen-bond donors (Lipinski definition) is 2. The van der Waals surface area contributed by atoms with Gasteiger partial charge >= 0.3 is 0 Å². The van der Waals surface area contributed by atoms with Crippen LogP contribution in [0, 0.1) is 5.92 Å². The quantitative estimate of drug-likeness (QED) is 0.781. The Morgan fingerprint density at radius 2 is 2.44 bits per heavy atom. The van der Waals surface area contributed by atoms with Crippen LogP contribution < -0.4 is 10.6 Å². The number of piperidine rings is 1. The van der Waals surface area contributed by atoms with E-state index in [2.05, 4.69) is 15.6 Å². The van der Waals surface area contributed by atoms with Gasteiger partial charge in [-0.3, -0.25) is 9.78 Å². The number of aromatic nitrogens is 1. The fourth-order valence-electron chi connectivity index (χ4n) is 2.81. The summed E-state index contributed by atoms with van der Waals surface area (Å²) in [5.74, 6) is 0.613. The van der Waals surface area contributed by atoms with Crippen molar-refractivity contribution in [1.82, 2.24) is 10.3 Å². The van der Waals surface area contributed by atoms with Gasteiger partial charge in [0.25, 0.3) is 0 Å². The minimum Gasteiger partial charge on any atom is -0.323 e. The highest BCUT2D eigenvalue weighted by Crippen LogP contribution is 2.35. The lowest BCUT2D eigenvalue weighted by atomic mass is 9.99. The van der Waals surface area contributed by atoms with Gasteiger partial charge in [-0.25, -0.2) is 0 Å². The van der Waals surface area contributed by atoms with E-state index in [1.54, 1.807) is 12.4 Å². The Hall–Kier alpha value is -1.42. The monoisotopic (exact) mass is 217 g/mol. The molecule has 4 nitrogen and oxygen atoms in total. The smallest absolute Gasteiger partial charge is 0.241 e. The molecule has 2 heterocycles. The van der Waals surface area contributed by atoms with Crippen molar-refractivity contribution >= 4 is 11.6 Å². The lowest BCUT2D eigenvalue weighted by molar-refractivity contribution is -0.119. The fraction of sp³-hybridized carbons (Fsp3) is 0.500. The summed E-state index contributed by atoms with van der Waals surface area (Å²) in [6, 6.07) is 4.25. The summed E-state index contributed by atoms with van der Waals surface area (Å²) in [5.41, 5.74) is 0.775. The van der Waals surface area contributed by atoms with Gasteiger partial charge < -0.3 is 10.6 Å². The molecule has 0 spiro atoms. The lowest BCUT2D eigenvalue weighted by Crippen LogP contribution is -2.44. The lowest BCUT2D eigenvalue weighted by Gasteiger charge is -2.22. The predicted molar refractivity (Wildman–Crippen MR) is 60.9 cm³/mol. The van der Waals surface area contributed by atoms with Crippen molar-refractivity contribution in [3.63, 3.8) is 0 Å². The molecule has 4 heteroatoms. The Labute approximate surface area is 94.5 Å². The first-order valence-corrected chi connectivity index (χ1v) is 5.80. The first kappa shape index (κ1) is 9.78. The van der Waals surface area contributed by atoms with Crippen molar-refractivity contribution in [3.05, 3.63) is 24.5 Å². The number of fused-ring (bicyclic) bond motifs is 2. The molecule has 1 aromatic heterocycles. The van der Waals surface area contributed by atoms with E-state index in [0.717, 1.165) is 12.1 Å². The summed E-state index contributed by atoms with van der Waals surface area (Å²) in [4.78, 5) is 16.0. The van der Waals surface area contributed by atoms with Gasteiger partial charge in [0.2, 0.25) is 5.91 Å². The summed E-state index contributed by atoms with van der Waals surface area (Å²) < 4.78 is 0. The van der Waals surface area contributed by atoms with Crippen LogP contribution in [0.4, 0.5) is 5.69 Å². The molecule has 84 valence electrons. The first-order valence-electron chi connectivity index (χ1n) is 5.80. The molecular weight excluding hydrogens is 202 g/mol. The zero-order valence-corrected chi connectivity index (χ0v) is 9.02. The molecule has 0 radical (unpaired) electrons. The molecule has 2 aliphatic rings. The summed E-state index contributed by atoms with van der Waals surface area (Å²) in [6.45, 7) is 0. The highest BCUT2D eigenvalue weighted by atomic mass is 16.2. The van der Waals surface area contributed by atoms with E-state index < -0.39 is 0 Å². The molecule has 16 heavy (non-hydrogen) atoms. The van der Waals surface area contributed by atoms with E-state index in [4.69, 9.17) is 0 Å². The second kappa shape index (κ2) is 3.87. The Morgan fingerprint density at radius 3 is 3.06 bits per heavy atom. The SMILES string of the molecule is O=C(Nc1cccnc1)[C@H]1N[C@H]2CC[C@H]1C2. The highest BCUT2D eigenvalue weighted by molar-refractivity contribution is 5.95. The van der Waals surface area contributed by atoms with E-state index in [1.165, 1.54) is 12.8 Å². The number of nitrogens with one attached hydrogen (secondary N) is 2. The van der Waals surface area contributed by atoms with Crippen molar-refractivity contribution in [2.24, 2.45) is 5.92 Å². The average molecular weight is 217 g/mol. The van der Waals surface area contributed by atoms with E-state index >= 15 is 0 Å². The van der Waals surface area contributed by atoms with E-state index in [9.17, 15) is 4.79 Å². The van der Waals surface area contributed by atoms with Crippen molar-refractivity contribution in [3.8, 4) is 0 Å². The number of pyridine rings is 1. The zero-order valence-electron chi connectivity index (χ0n) is 9.02. The van der Waals surface area contributed by atoms with Crippen molar-refractivity contribution in [1.29, 1.82) is 0 Å². The summed E-state index contributed by atoms with van der Waals surface area (Å²) in [6.07, 6.45) is 6.94. The average Bonchev–Trinajstić information content (AvgIpc) is 2.92. The van der Waals surface area contributed by atoms with Gasteiger partial charge in [-0.2, -0.15) is 0 Å². The molecule has 2 bridgehead atoms. The number of hydrogen-bond acceptors (Lipinski definition) is 3. The molecule has 1 aromatic rings. The first-order chi connectivity index (χ1) is 7.83. The van der Waals surface area contributed by atoms with Gasteiger partial charge in [-0.15, -0.1) is 0 Å². The van der Waals surface area contributed by atoms with Crippen LogP contribution in [0.2, 0.25) is 0 Å². The second-order valence-electron chi connectivity index (χ2n) is 4.65. The maximum atomic E-state index is 12.0. The normalized spacial score (nSPS) is 31.6. The fourth-order valence-corrected chi connectivity index (χ4v) is 2.81. The van der Waals surface area contributed by atoms with Crippen LogP contribution in [0.1, 0.15) is 19.3 Å². The molecule has 1 aliphatic heterocycles. The Bertz CT molecular complexity index is 393. The number of nitrogens with zero attached hydrogens (tertiary/aromatic N) is 1. The number of amides is 1. The molecule has 1 saturated carbocycles. The van der Waals surface area contributed by atoms with Gasteiger partial charge in [0, 0.05) is 12.2 Å². The third-order valence-corrected chi connectivity index (χ3v) is 3.57. The van der Waals surface area contributed by atoms with Crippen LogP contribution >= 0.6 is 0 Å². The Kier molecular flexibility index (Phi) is 2.36. The number of anilines is 1. The van der Waals surface area contributed by atoms with Crippen molar-refractivity contribution in [2.45, 2.75) is 31.3 Å². The topological polar surface area (TPSA) is 54.0 Å². The summed E-state index contributed by atoms with van der Waals surface area (Å²) >= 11 is 0. The molecule has 3 atom stereocenters. The van der Waals surface area contributed by atoms with Crippen LogP contribution in [-0.2, 0) is 4.79 Å². The largest absolute Gasteiger partial charge is 0.323 e. The van der Waals surface area contributed by atoms with Gasteiger partial charge in [-0.1, -0.05) is 0 Å². The molecule has 0 unspecified atom stereocenters. The molecule has 3 rings (SSSR count). The third kappa shape index (κ3) is 1.69. The standard InChI is InChI=1S/C12H15N3O/c16-12(15-10-2-1-5-13-7-10)11-8-3-4-9(6-8)14-11/h1-2,5,7-9,11,14H,3-4,6H2,(H,15,16)/t8-,9-,11-/m0/s1. The van der Waals surface area contributed by atoms with Crippen molar-refractivity contribution in [2.75, 3.05) is 5.32 Å². The molecule has 1 amide bonds. The molecule has 0 aromatic carbocycles. The zero-order chi connectivity index (χ0) is 11.0. The maximum absolute atomic E-state index is 12.0. The van der Waals surface area contributed by atoms with Crippen LogP contribution in [0.25, 0.3) is 0 Å². The van der Waals surface area contributed by atoms with Crippen LogP contribution in [0.15, 0.2) is 24.5 Å². The molecule has 2 N–H and O–H groups in total.